The van der Waals surface area contributed by atoms with Gasteiger partial charge in [-0.3, -0.25) is 9.48 Å². The van der Waals surface area contributed by atoms with Crippen LogP contribution in [0.4, 0.5) is 0 Å². The van der Waals surface area contributed by atoms with Crippen molar-refractivity contribution >= 4 is 29.3 Å². The lowest BCUT2D eigenvalue weighted by Crippen LogP contribution is -2.27. The molecule has 3 aromatic rings. The molecule has 0 bridgehead atoms. The molecule has 29 heavy (non-hydrogen) atoms. The number of amides is 1. The number of carbonyl (C=O) groups excluding carboxylic acids is 1. The third kappa shape index (κ3) is 5.39. The number of thioether (sulfide) groups is 1. The molecule has 2 heterocycles. The Bertz CT molecular complexity index is 997. The molecule has 0 radical (unpaired) electrons. The summed E-state index contributed by atoms with van der Waals surface area (Å²) in [6.07, 6.45) is 0. The predicted octanol–water partition coefficient (Wildman–Crippen LogP) is 3.85. The average molecular weight is 433 g/mol. The minimum atomic E-state index is -0.183. The second-order valence-electron chi connectivity index (χ2n) is 7.26. The van der Waals surface area contributed by atoms with Gasteiger partial charge in [-0.15, -0.1) is 10.2 Å². The van der Waals surface area contributed by atoms with Gasteiger partial charge in [-0.1, -0.05) is 55.4 Å². The minimum absolute atomic E-state index is 0.183. The molecule has 9 heteroatoms. The zero-order chi connectivity index (χ0) is 21.0. The number of benzene rings is 1. The van der Waals surface area contributed by atoms with E-state index >= 15 is 0 Å². The molecule has 1 aromatic carbocycles. The van der Waals surface area contributed by atoms with Crippen LogP contribution in [0.15, 0.2) is 35.5 Å². The monoisotopic (exact) mass is 432 g/mol. The van der Waals surface area contributed by atoms with E-state index in [9.17, 15) is 4.79 Å². The lowest BCUT2D eigenvalue weighted by Gasteiger charge is -2.13. The normalized spacial score (nSPS) is 11.2. The van der Waals surface area contributed by atoms with Crippen molar-refractivity contribution in [2.75, 3.05) is 0 Å². The molecular formula is C20H25ClN6OS. The predicted molar refractivity (Wildman–Crippen MR) is 115 cm³/mol. The number of hydrogen-bond acceptors (Lipinski definition) is 5. The number of nitrogens with zero attached hydrogens (tertiary/aromatic N) is 5. The SMILES string of the molecule is Cc1cc(C(=O)NCc2nnc(SCc3ccccc3Cl)n2CC(C)C)n(C)n1. The van der Waals surface area contributed by atoms with Gasteiger partial charge in [0.1, 0.15) is 5.69 Å². The minimum Gasteiger partial charge on any atom is -0.343 e. The number of rotatable bonds is 8. The molecule has 0 atom stereocenters. The van der Waals surface area contributed by atoms with Gasteiger partial charge in [0.05, 0.1) is 12.2 Å². The fourth-order valence-electron chi connectivity index (χ4n) is 2.94. The smallest absolute Gasteiger partial charge is 0.269 e. The maximum Gasteiger partial charge on any atom is 0.269 e. The standard InChI is InChI=1S/C20H25ClN6OS/c1-13(2)11-27-18(10-22-19(28)17-9-14(3)25-26(17)4)23-24-20(27)29-12-15-7-5-6-8-16(15)21/h5-9,13H,10-12H2,1-4H3,(H,22,28). The lowest BCUT2D eigenvalue weighted by molar-refractivity contribution is 0.0940. The molecule has 0 saturated carbocycles. The number of halogens is 1. The van der Waals surface area contributed by atoms with Crippen LogP contribution in [0.2, 0.25) is 5.02 Å². The molecule has 1 amide bonds. The van der Waals surface area contributed by atoms with Crippen molar-refractivity contribution in [2.45, 2.75) is 44.8 Å². The van der Waals surface area contributed by atoms with Gasteiger partial charge < -0.3 is 9.88 Å². The second kappa shape index (κ2) is 9.45. The van der Waals surface area contributed by atoms with Gasteiger partial charge in [-0.25, -0.2) is 0 Å². The number of aryl methyl sites for hydroxylation is 2. The van der Waals surface area contributed by atoms with Crippen molar-refractivity contribution in [1.82, 2.24) is 29.9 Å². The Hall–Kier alpha value is -2.32. The molecule has 0 aliphatic carbocycles. The van der Waals surface area contributed by atoms with Crippen LogP contribution in [0.5, 0.6) is 0 Å². The summed E-state index contributed by atoms with van der Waals surface area (Å²) in [5.41, 5.74) is 2.38. The molecule has 0 aliphatic rings. The molecule has 0 aliphatic heterocycles. The molecule has 0 fully saturated rings. The van der Waals surface area contributed by atoms with Crippen molar-refractivity contribution in [3.8, 4) is 0 Å². The van der Waals surface area contributed by atoms with Crippen molar-refractivity contribution in [3.63, 3.8) is 0 Å². The van der Waals surface area contributed by atoms with Crippen LogP contribution < -0.4 is 5.32 Å². The van der Waals surface area contributed by atoms with Gasteiger partial charge in [-0.2, -0.15) is 5.10 Å². The van der Waals surface area contributed by atoms with Crippen molar-refractivity contribution < 1.29 is 4.79 Å². The van der Waals surface area contributed by atoms with Gasteiger partial charge in [0.15, 0.2) is 11.0 Å². The molecule has 0 saturated heterocycles. The summed E-state index contributed by atoms with van der Waals surface area (Å²) in [5.74, 6) is 1.67. The molecule has 2 aromatic heterocycles. The first kappa shape index (κ1) is 21.4. The molecule has 0 unspecified atom stereocenters. The highest BCUT2D eigenvalue weighted by Gasteiger charge is 2.17. The van der Waals surface area contributed by atoms with E-state index in [1.54, 1.807) is 29.6 Å². The van der Waals surface area contributed by atoms with Crippen molar-refractivity contribution in [2.24, 2.45) is 13.0 Å². The summed E-state index contributed by atoms with van der Waals surface area (Å²) in [6.45, 7) is 7.22. The highest BCUT2D eigenvalue weighted by Crippen LogP contribution is 2.26. The lowest BCUT2D eigenvalue weighted by atomic mass is 10.2. The Kier molecular flexibility index (Phi) is 6.97. The van der Waals surface area contributed by atoms with E-state index in [4.69, 9.17) is 11.6 Å². The molecule has 154 valence electrons. The van der Waals surface area contributed by atoms with Gasteiger partial charge in [0.25, 0.3) is 5.91 Å². The number of aromatic nitrogens is 5. The van der Waals surface area contributed by atoms with E-state index in [1.807, 2.05) is 31.2 Å². The summed E-state index contributed by atoms with van der Waals surface area (Å²) in [4.78, 5) is 12.5. The van der Waals surface area contributed by atoms with E-state index < -0.39 is 0 Å². The molecule has 1 N–H and O–H groups in total. The Morgan fingerprint density at radius 1 is 1.28 bits per heavy atom. The van der Waals surface area contributed by atoms with Gasteiger partial charge in [-0.05, 0) is 30.5 Å². The van der Waals surface area contributed by atoms with Gasteiger partial charge >= 0.3 is 0 Å². The zero-order valence-corrected chi connectivity index (χ0v) is 18.6. The van der Waals surface area contributed by atoms with E-state index in [1.165, 1.54) is 0 Å². The number of hydrogen-bond donors (Lipinski definition) is 1. The second-order valence-corrected chi connectivity index (χ2v) is 8.61. The Morgan fingerprint density at radius 2 is 2.03 bits per heavy atom. The zero-order valence-electron chi connectivity index (χ0n) is 17.0. The molecule has 3 rings (SSSR count). The molecular weight excluding hydrogens is 408 g/mol. The third-order valence-electron chi connectivity index (χ3n) is 4.30. The summed E-state index contributed by atoms with van der Waals surface area (Å²) in [6, 6.07) is 9.55. The van der Waals surface area contributed by atoms with Crippen molar-refractivity contribution in [1.29, 1.82) is 0 Å². The molecule has 0 spiro atoms. The van der Waals surface area contributed by atoms with Crippen molar-refractivity contribution in [3.05, 3.63) is 58.1 Å². The van der Waals surface area contributed by atoms with Crippen LogP contribution in [-0.4, -0.2) is 30.5 Å². The van der Waals surface area contributed by atoms with E-state index in [2.05, 4.69) is 39.0 Å². The van der Waals surface area contributed by atoms with E-state index in [0.717, 1.165) is 33.8 Å². The van der Waals surface area contributed by atoms with E-state index in [0.29, 0.717) is 23.9 Å². The fraction of sp³-hybridized carbons (Fsp3) is 0.400. The topological polar surface area (TPSA) is 77.6 Å². The first-order valence-electron chi connectivity index (χ1n) is 9.42. The van der Waals surface area contributed by atoms with Crippen LogP contribution in [0, 0.1) is 12.8 Å². The van der Waals surface area contributed by atoms with E-state index in [-0.39, 0.29) is 5.91 Å². The van der Waals surface area contributed by atoms with Crippen LogP contribution in [0.3, 0.4) is 0 Å². The highest BCUT2D eigenvalue weighted by atomic mass is 35.5. The number of nitrogens with one attached hydrogen (secondary N) is 1. The number of carbonyl (C=O) groups is 1. The summed E-state index contributed by atoms with van der Waals surface area (Å²) in [5, 5.41) is 17.4. The highest BCUT2D eigenvalue weighted by molar-refractivity contribution is 7.98. The van der Waals surface area contributed by atoms with Crippen LogP contribution in [0.25, 0.3) is 0 Å². The van der Waals surface area contributed by atoms with Gasteiger partial charge in [0.2, 0.25) is 0 Å². The largest absolute Gasteiger partial charge is 0.343 e. The summed E-state index contributed by atoms with van der Waals surface area (Å²) < 4.78 is 3.65. The molecule has 7 nitrogen and oxygen atoms in total. The van der Waals surface area contributed by atoms with Crippen LogP contribution >= 0.6 is 23.4 Å². The maximum absolute atomic E-state index is 12.5. The summed E-state index contributed by atoms with van der Waals surface area (Å²) >= 11 is 7.86. The maximum atomic E-state index is 12.5. The third-order valence-corrected chi connectivity index (χ3v) is 5.68. The first-order valence-corrected chi connectivity index (χ1v) is 10.8. The van der Waals surface area contributed by atoms with Gasteiger partial charge in [0, 0.05) is 24.4 Å². The fourth-order valence-corrected chi connectivity index (χ4v) is 4.19. The first-order chi connectivity index (χ1) is 13.8. The Labute approximate surface area is 179 Å². The Morgan fingerprint density at radius 3 is 2.69 bits per heavy atom. The van der Waals surface area contributed by atoms with Crippen LogP contribution in [0.1, 0.15) is 41.4 Å². The quantitative estimate of drug-likeness (QED) is 0.547. The van der Waals surface area contributed by atoms with Crippen LogP contribution in [-0.2, 0) is 25.9 Å². The summed E-state index contributed by atoms with van der Waals surface area (Å²) in [7, 11) is 1.76. The average Bonchev–Trinajstić information content (AvgIpc) is 3.21. The Balaban J connectivity index is 1.72.